The molecule has 0 radical (unpaired) electrons. The van der Waals surface area contributed by atoms with E-state index in [2.05, 4.69) is 27.7 Å². The van der Waals surface area contributed by atoms with Gasteiger partial charge in [-0.1, -0.05) is 27.7 Å². The van der Waals surface area contributed by atoms with Crippen LogP contribution in [0.5, 0.6) is 0 Å². The molecule has 0 spiro atoms. The molecule has 13 heavy (non-hydrogen) atoms. The van der Waals surface area contributed by atoms with Crippen LogP contribution in [-0.2, 0) is 0 Å². The van der Waals surface area contributed by atoms with Crippen LogP contribution in [0.25, 0.3) is 0 Å². The van der Waals surface area contributed by atoms with Crippen LogP contribution in [-0.4, -0.2) is 32.6 Å². The maximum Gasteiger partial charge on any atom is -0.00440 e. The predicted molar refractivity (Wildman–Crippen MR) is 61.8 cm³/mol. The van der Waals surface area contributed by atoms with E-state index in [1.807, 2.05) is 26.0 Å². The zero-order chi connectivity index (χ0) is 11.0. The molecule has 2 nitrogen and oxygen atoms in total. The molecule has 0 amide bonds. The Morgan fingerprint density at radius 2 is 1.15 bits per heavy atom. The minimum atomic E-state index is 0.699. The van der Waals surface area contributed by atoms with Gasteiger partial charge in [0.05, 0.1) is 0 Å². The molecule has 0 atom stereocenters. The molecule has 0 aliphatic carbocycles. The summed E-state index contributed by atoms with van der Waals surface area (Å²) < 4.78 is 0. The second-order valence-corrected chi connectivity index (χ2v) is 4.73. The lowest BCUT2D eigenvalue weighted by Crippen LogP contribution is -2.24. The van der Waals surface area contributed by atoms with E-state index in [-0.39, 0.29) is 0 Å². The van der Waals surface area contributed by atoms with Crippen LogP contribution in [0.3, 0.4) is 0 Å². The van der Waals surface area contributed by atoms with E-state index >= 15 is 0 Å². The van der Waals surface area contributed by atoms with Crippen molar-refractivity contribution in [3.8, 4) is 0 Å². The zero-order valence-electron chi connectivity index (χ0n) is 10.5. The van der Waals surface area contributed by atoms with E-state index < -0.39 is 0 Å². The summed E-state index contributed by atoms with van der Waals surface area (Å²) in [4.78, 5) is 2.00. The molecule has 0 unspecified atom stereocenters. The molecule has 0 aromatic heterocycles. The highest BCUT2D eigenvalue weighted by atomic mass is 15.0. The van der Waals surface area contributed by atoms with Gasteiger partial charge in [-0.05, 0) is 45.4 Å². The van der Waals surface area contributed by atoms with E-state index in [1.54, 1.807) is 0 Å². The van der Waals surface area contributed by atoms with Crippen molar-refractivity contribution in [2.75, 3.05) is 27.7 Å². The summed E-state index contributed by atoms with van der Waals surface area (Å²) in [5, 5.41) is 0. The smallest absolute Gasteiger partial charge is 0.00440 e. The second kappa shape index (κ2) is 8.52. The fourth-order valence-electron chi connectivity index (χ4n) is 1.31. The van der Waals surface area contributed by atoms with Crippen LogP contribution >= 0.6 is 0 Å². The van der Waals surface area contributed by atoms with Crippen LogP contribution in [0.1, 0.15) is 27.7 Å². The Labute approximate surface area is 84.5 Å². The third-order valence-electron chi connectivity index (χ3n) is 1.98. The van der Waals surface area contributed by atoms with E-state index in [0.717, 1.165) is 18.4 Å². The van der Waals surface area contributed by atoms with Gasteiger partial charge in [0.1, 0.15) is 0 Å². The lowest BCUT2D eigenvalue weighted by Gasteiger charge is -2.22. The van der Waals surface area contributed by atoms with Crippen molar-refractivity contribution in [2.45, 2.75) is 27.7 Å². The average molecular weight is 188 g/mol. The SMILES string of the molecule is CC(C)C(CN)C(C)C.CN(C)C. The molecule has 0 aromatic carbocycles. The van der Waals surface area contributed by atoms with Gasteiger partial charge in [0.15, 0.2) is 0 Å². The van der Waals surface area contributed by atoms with E-state index in [0.29, 0.717) is 5.92 Å². The standard InChI is InChI=1S/C8H19N.C3H9N/c1-6(2)8(5-9)7(3)4;1-4(2)3/h6-8H,5,9H2,1-4H3;1-3H3. The topological polar surface area (TPSA) is 29.3 Å². The highest BCUT2D eigenvalue weighted by Gasteiger charge is 2.14. The van der Waals surface area contributed by atoms with Gasteiger partial charge in [0.2, 0.25) is 0 Å². The van der Waals surface area contributed by atoms with Crippen molar-refractivity contribution in [3.05, 3.63) is 0 Å². The molecular weight excluding hydrogens is 160 g/mol. The van der Waals surface area contributed by atoms with E-state index in [4.69, 9.17) is 5.73 Å². The zero-order valence-corrected chi connectivity index (χ0v) is 10.5. The quantitative estimate of drug-likeness (QED) is 0.734. The molecule has 0 fully saturated rings. The number of hydrogen-bond acceptors (Lipinski definition) is 2. The molecule has 2 heteroatoms. The molecule has 2 N–H and O–H groups in total. The van der Waals surface area contributed by atoms with Crippen molar-refractivity contribution in [1.29, 1.82) is 0 Å². The molecular formula is C11H28N2. The van der Waals surface area contributed by atoms with Crippen LogP contribution in [0.2, 0.25) is 0 Å². The molecule has 0 rings (SSSR count). The number of nitrogens with zero attached hydrogens (tertiary/aromatic N) is 1. The summed E-state index contributed by atoms with van der Waals surface area (Å²) in [7, 11) is 6.00. The van der Waals surface area contributed by atoms with Crippen molar-refractivity contribution in [3.63, 3.8) is 0 Å². The van der Waals surface area contributed by atoms with Crippen molar-refractivity contribution < 1.29 is 0 Å². The summed E-state index contributed by atoms with van der Waals surface area (Å²) in [5.74, 6) is 2.16. The predicted octanol–water partition coefficient (Wildman–Crippen LogP) is 2.05. The van der Waals surface area contributed by atoms with Crippen LogP contribution in [0.4, 0.5) is 0 Å². The number of rotatable bonds is 3. The minimum Gasteiger partial charge on any atom is -0.330 e. The Morgan fingerprint density at radius 3 is 1.15 bits per heavy atom. The van der Waals surface area contributed by atoms with E-state index in [1.165, 1.54) is 0 Å². The Bertz CT molecular complexity index is 87.5. The molecule has 0 heterocycles. The van der Waals surface area contributed by atoms with Gasteiger partial charge < -0.3 is 10.6 Å². The second-order valence-electron chi connectivity index (χ2n) is 4.73. The Hall–Kier alpha value is -0.0800. The van der Waals surface area contributed by atoms with Gasteiger partial charge in [-0.25, -0.2) is 0 Å². The summed E-state index contributed by atoms with van der Waals surface area (Å²) >= 11 is 0. The maximum atomic E-state index is 5.57. The van der Waals surface area contributed by atoms with Gasteiger partial charge in [-0.2, -0.15) is 0 Å². The fraction of sp³-hybridized carbons (Fsp3) is 1.00. The van der Waals surface area contributed by atoms with Crippen LogP contribution < -0.4 is 5.73 Å². The molecule has 0 bridgehead atoms. The van der Waals surface area contributed by atoms with Crippen LogP contribution in [0, 0.1) is 17.8 Å². The van der Waals surface area contributed by atoms with Crippen LogP contribution in [0.15, 0.2) is 0 Å². The first-order chi connectivity index (χ1) is 5.82. The normalized spacial score (nSPS) is 11.1. The molecule has 82 valence electrons. The average Bonchev–Trinajstić information content (AvgIpc) is 1.84. The largest absolute Gasteiger partial charge is 0.330 e. The first-order valence-electron chi connectivity index (χ1n) is 5.13. The molecule has 0 aliphatic heterocycles. The number of hydrogen-bond donors (Lipinski definition) is 1. The Kier molecular flexibility index (Phi) is 10.1. The first-order valence-corrected chi connectivity index (χ1v) is 5.13. The monoisotopic (exact) mass is 188 g/mol. The summed E-state index contributed by atoms with van der Waals surface area (Å²) in [6.07, 6.45) is 0. The molecule has 0 aliphatic rings. The van der Waals surface area contributed by atoms with Gasteiger partial charge in [0, 0.05) is 0 Å². The molecule has 0 saturated heterocycles. The lowest BCUT2D eigenvalue weighted by atomic mass is 9.86. The Balaban J connectivity index is 0. The highest BCUT2D eigenvalue weighted by molar-refractivity contribution is 4.66. The summed E-state index contributed by atoms with van der Waals surface area (Å²) in [5.41, 5.74) is 5.57. The summed E-state index contributed by atoms with van der Waals surface area (Å²) in [6.45, 7) is 9.76. The first kappa shape index (κ1) is 15.4. The molecule has 0 saturated carbocycles. The van der Waals surface area contributed by atoms with Gasteiger partial charge in [-0.3, -0.25) is 0 Å². The van der Waals surface area contributed by atoms with Crippen molar-refractivity contribution in [1.82, 2.24) is 4.90 Å². The number of nitrogens with two attached hydrogens (primary N) is 1. The minimum absolute atomic E-state index is 0.699. The highest BCUT2D eigenvalue weighted by Crippen LogP contribution is 2.18. The van der Waals surface area contributed by atoms with Crippen molar-refractivity contribution >= 4 is 0 Å². The third-order valence-corrected chi connectivity index (χ3v) is 1.98. The summed E-state index contributed by atoms with van der Waals surface area (Å²) in [6, 6.07) is 0. The molecule has 0 aromatic rings. The van der Waals surface area contributed by atoms with Gasteiger partial charge in [0.25, 0.3) is 0 Å². The maximum absolute atomic E-state index is 5.57. The van der Waals surface area contributed by atoms with Crippen molar-refractivity contribution in [2.24, 2.45) is 23.5 Å². The Morgan fingerprint density at radius 1 is 0.923 bits per heavy atom. The lowest BCUT2D eigenvalue weighted by molar-refractivity contribution is 0.297. The van der Waals surface area contributed by atoms with Gasteiger partial charge in [-0.15, -0.1) is 0 Å². The van der Waals surface area contributed by atoms with E-state index in [9.17, 15) is 0 Å². The third kappa shape index (κ3) is 11.9. The van der Waals surface area contributed by atoms with Gasteiger partial charge >= 0.3 is 0 Å². The fourth-order valence-corrected chi connectivity index (χ4v) is 1.31.